The number of hydrogen-bond donors (Lipinski definition) is 3. The normalized spacial score (nSPS) is 16.9. The molecule has 2 heterocycles. The van der Waals surface area contributed by atoms with Gasteiger partial charge in [0.05, 0.1) is 11.7 Å². The number of aromatic amines is 1. The van der Waals surface area contributed by atoms with Crippen molar-refractivity contribution in [1.82, 2.24) is 15.5 Å². The Morgan fingerprint density at radius 1 is 1.33 bits per heavy atom. The van der Waals surface area contributed by atoms with Gasteiger partial charge in [-0.15, -0.1) is 0 Å². The Labute approximate surface area is 105 Å². The summed E-state index contributed by atoms with van der Waals surface area (Å²) in [4.78, 5) is 12.1. The SMILES string of the molecule is O=C(Nc1ccc2cn[nH]c2c1)C1CCNCC1. The number of H-pyrrole nitrogens is 1. The lowest BCUT2D eigenvalue weighted by Crippen LogP contribution is -2.34. The highest BCUT2D eigenvalue weighted by atomic mass is 16.1. The van der Waals surface area contributed by atoms with Crippen LogP contribution >= 0.6 is 0 Å². The number of benzene rings is 1. The maximum absolute atomic E-state index is 12.1. The zero-order chi connectivity index (χ0) is 12.4. The largest absolute Gasteiger partial charge is 0.326 e. The van der Waals surface area contributed by atoms with Gasteiger partial charge in [0.15, 0.2) is 0 Å². The van der Waals surface area contributed by atoms with Crippen LogP contribution in [0, 0.1) is 5.92 Å². The van der Waals surface area contributed by atoms with Gasteiger partial charge in [-0.1, -0.05) is 0 Å². The first kappa shape index (κ1) is 11.2. The monoisotopic (exact) mass is 244 g/mol. The van der Waals surface area contributed by atoms with Crippen LogP contribution in [-0.4, -0.2) is 29.2 Å². The molecule has 94 valence electrons. The van der Waals surface area contributed by atoms with Crippen molar-refractivity contribution in [2.24, 2.45) is 5.92 Å². The number of fused-ring (bicyclic) bond motifs is 1. The number of carbonyl (C=O) groups excluding carboxylic acids is 1. The number of amides is 1. The summed E-state index contributed by atoms with van der Waals surface area (Å²) in [6, 6.07) is 5.79. The molecule has 3 rings (SSSR count). The molecule has 0 radical (unpaired) electrons. The molecule has 1 fully saturated rings. The summed E-state index contributed by atoms with van der Waals surface area (Å²) in [6.45, 7) is 1.86. The predicted octanol–water partition coefficient (Wildman–Crippen LogP) is 1.50. The number of carbonyl (C=O) groups is 1. The van der Waals surface area contributed by atoms with Crippen molar-refractivity contribution in [1.29, 1.82) is 0 Å². The smallest absolute Gasteiger partial charge is 0.227 e. The Bertz CT molecular complexity index is 557. The fraction of sp³-hybridized carbons (Fsp3) is 0.385. The summed E-state index contributed by atoms with van der Waals surface area (Å²) in [5.41, 5.74) is 1.77. The number of anilines is 1. The summed E-state index contributed by atoms with van der Waals surface area (Å²) < 4.78 is 0. The molecule has 1 saturated heterocycles. The summed E-state index contributed by atoms with van der Waals surface area (Å²) >= 11 is 0. The van der Waals surface area contributed by atoms with E-state index in [4.69, 9.17) is 0 Å². The minimum Gasteiger partial charge on any atom is -0.326 e. The standard InChI is InChI=1S/C13H16N4O/c18-13(9-3-5-14-6-4-9)16-11-2-1-10-8-15-17-12(10)7-11/h1-2,7-9,14H,3-6H2,(H,15,17)(H,16,18). The Morgan fingerprint density at radius 2 is 2.17 bits per heavy atom. The van der Waals surface area contributed by atoms with Gasteiger partial charge in [-0.25, -0.2) is 0 Å². The topological polar surface area (TPSA) is 69.8 Å². The third kappa shape index (κ3) is 2.22. The lowest BCUT2D eigenvalue weighted by atomic mass is 9.97. The Balaban J connectivity index is 1.72. The highest BCUT2D eigenvalue weighted by molar-refractivity contribution is 5.94. The third-order valence-electron chi connectivity index (χ3n) is 3.42. The highest BCUT2D eigenvalue weighted by Crippen LogP contribution is 2.19. The molecule has 0 atom stereocenters. The maximum Gasteiger partial charge on any atom is 0.227 e. The molecule has 5 nitrogen and oxygen atoms in total. The molecular weight excluding hydrogens is 228 g/mol. The number of aromatic nitrogens is 2. The van der Waals surface area contributed by atoms with Crippen LogP contribution in [0.1, 0.15) is 12.8 Å². The second-order valence-electron chi connectivity index (χ2n) is 4.69. The Morgan fingerprint density at radius 3 is 3.00 bits per heavy atom. The van der Waals surface area contributed by atoms with E-state index in [9.17, 15) is 4.79 Å². The molecule has 3 N–H and O–H groups in total. The molecule has 2 aromatic rings. The second-order valence-corrected chi connectivity index (χ2v) is 4.69. The minimum absolute atomic E-state index is 0.121. The Hall–Kier alpha value is -1.88. The predicted molar refractivity (Wildman–Crippen MR) is 70.3 cm³/mol. The first-order valence-electron chi connectivity index (χ1n) is 6.27. The van der Waals surface area contributed by atoms with Crippen LogP contribution in [-0.2, 0) is 4.79 Å². The highest BCUT2D eigenvalue weighted by Gasteiger charge is 2.20. The molecule has 0 unspecified atom stereocenters. The first-order chi connectivity index (χ1) is 8.83. The van der Waals surface area contributed by atoms with Crippen LogP contribution in [0.5, 0.6) is 0 Å². The average Bonchev–Trinajstić information content (AvgIpc) is 2.87. The number of nitrogens with one attached hydrogen (secondary N) is 3. The van der Waals surface area contributed by atoms with E-state index in [0.717, 1.165) is 42.5 Å². The van der Waals surface area contributed by atoms with Gasteiger partial charge in [-0.2, -0.15) is 5.10 Å². The number of piperidine rings is 1. The molecule has 1 amide bonds. The van der Waals surface area contributed by atoms with Crippen LogP contribution in [0.2, 0.25) is 0 Å². The molecule has 1 aliphatic heterocycles. The molecule has 1 aliphatic rings. The van der Waals surface area contributed by atoms with E-state index in [1.807, 2.05) is 18.2 Å². The van der Waals surface area contributed by atoms with E-state index >= 15 is 0 Å². The van der Waals surface area contributed by atoms with Crippen molar-refractivity contribution in [2.75, 3.05) is 18.4 Å². The van der Waals surface area contributed by atoms with E-state index in [1.165, 1.54) is 0 Å². The molecule has 18 heavy (non-hydrogen) atoms. The van der Waals surface area contributed by atoms with Crippen molar-refractivity contribution >= 4 is 22.5 Å². The van der Waals surface area contributed by atoms with Gasteiger partial charge in [-0.05, 0) is 44.1 Å². The van der Waals surface area contributed by atoms with Gasteiger partial charge in [0, 0.05) is 17.0 Å². The summed E-state index contributed by atoms with van der Waals surface area (Å²) in [7, 11) is 0. The molecule has 0 aliphatic carbocycles. The van der Waals surface area contributed by atoms with Crippen molar-refractivity contribution in [2.45, 2.75) is 12.8 Å². The number of nitrogens with zero attached hydrogens (tertiary/aromatic N) is 1. The lowest BCUT2D eigenvalue weighted by Gasteiger charge is -2.21. The maximum atomic E-state index is 12.1. The molecule has 1 aromatic heterocycles. The molecular formula is C13H16N4O. The van der Waals surface area contributed by atoms with Gasteiger partial charge in [0.1, 0.15) is 0 Å². The molecule has 5 heteroatoms. The lowest BCUT2D eigenvalue weighted by molar-refractivity contribution is -0.120. The van der Waals surface area contributed by atoms with Crippen LogP contribution < -0.4 is 10.6 Å². The van der Waals surface area contributed by atoms with Crippen LogP contribution in [0.15, 0.2) is 24.4 Å². The molecule has 0 saturated carbocycles. The van der Waals surface area contributed by atoms with Crippen molar-refractivity contribution in [3.8, 4) is 0 Å². The van der Waals surface area contributed by atoms with Crippen LogP contribution in [0.25, 0.3) is 10.9 Å². The van der Waals surface area contributed by atoms with Gasteiger partial charge in [0.25, 0.3) is 0 Å². The van der Waals surface area contributed by atoms with Crippen molar-refractivity contribution in [3.05, 3.63) is 24.4 Å². The first-order valence-corrected chi connectivity index (χ1v) is 6.27. The van der Waals surface area contributed by atoms with E-state index in [1.54, 1.807) is 6.20 Å². The van der Waals surface area contributed by atoms with Gasteiger partial charge >= 0.3 is 0 Å². The molecule has 1 aromatic carbocycles. The van der Waals surface area contributed by atoms with Gasteiger partial charge in [0.2, 0.25) is 5.91 Å². The van der Waals surface area contributed by atoms with Gasteiger partial charge < -0.3 is 10.6 Å². The third-order valence-corrected chi connectivity index (χ3v) is 3.42. The fourth-order valence-electron chi connectivity index (χ4n) is 2.34. The van der Waals surface area contributed by atoms with Crippen LogP contribution in [0.3, 0.4) is 0 Å². The fourth-order valence-corrected chi connectivity index (χ4v) is 2.34. The zero-order valence-corrected chi connectivity index (χ0v) is 10.1. The zero-order valence-electron chi connectivity index (χ0n) is 10.1. The van der Waals surface area contributed by atoms with E-state index in [0.29, 0.717) is 0 Å². The van der Waals surface area contributed by atoms with Crippen molar-refractivity contribution < 1.29 is 4.79 Å². The average molecular weight is 244 g/mol. The number of rotatable bonds is 2. The minimum atomic E-state index is 0.121. The Kier molecular flexibility index (Phi) is 2.98. The van der Waals surface area contributed by atoms with Crippen molar-refractivity contribution in [3.63, 3.8) is 0 Å². The second kappa shape index (κ2) is 4.78. The number of hydrogen-bond acceptors (Lipinski definition) is 3. The van der Waals surface area contributed by atoms with Gasteiger partial charge in [-0.3, -0.25) is 9.89 Å². The van der Waals surface area contributed by atoms with Crippen LogP contribution in [0.4, 0.5) is 5.69 Å². The summed E-state index contributed by atoms with van der Waals surface area (Å²) in [5, 5.41) is 14.2. The van der Waals surface area contributed by atoms with E-state index in [2.05, 4.69) is 20.8 Å². The summed E-state index contributed by atoms with van der Waals surface area (Å²) in [6.07, 6.45) is 3.60. The quantitative estimate of drug-likeness (QED) is 0.749. The van der Waals surface area contributed by atoms with E-state index in [-0.39, 0.29) is 11.8 Å². The summed E-state index contributed by atoms with van der Waals surface area (Å²) in [5.74, 6) is 0.249. The van der Waals surface area contributed by atoms with E-state index < -0.39 is 0 Å². The molecule has 0 spiro atoms. The molecule has 0 bridgehead atoms.